The molecule has 1 aromatic heterocycles. The summed E-state index contributed by atoms with van der Waals surface area (Å²) < 4.78 is 27.0. The highest BCUT2D eigenvalue weighted by molar-refractivity contribution is 7.91. The average molecular weight is 345 g/mol. The third-order valence-electron chi connectivity index (χ3n) is 4.44. The monoisotopic (exact) mass is 344 g/mol. The molecule has 126 valence electrons. The molecule has 0 unspecified atom stereocenters. The molecule has 2 rings (SSSR count). The molecule has 1 aromatic rings. The maximum atomic E-state index is 11.9. The number of nitrogens with zero attached hydrogens (tertiary/aromatic N) is 1. The van der Waals surface area contributed by atoms with Gasteiger partial charge in [-0.25, -0.2) is 13.1 Å². The van der Waals surface area contributed by atoms with E-state index in [9.17, 15) is 8.42 Å². The minimum absolute atomic E-state index is 0.407. The molecular formula is C16H28N2O2S2. The van der Waals surface area contributed by atoms with E-state index >= 15 is 0 Å². The number of thiophene rings is 1. The number of hydrogen-bond donors (Lipinski definition) is 1. The fraction of sp³-hybridized carbons (Fsp3) is 0.750. The van der Waals surface area contributed by atoms with Gasteiger partial charge in [-0.1, -0.05) is 31.7 Å². The van der Waals surface area contributed by atoms with E-state index in [2.05, 4.69) is 16.7 Å². The van der Waals surface area contributed by atoms with E-state index in [0.29, 0.717) is 10.8 Å². The van der Waals surface area contributed by atoms with Crippen molar-refractivity contribution in [2.24, 2.45) is 0 Å². The van der Waals surface area contributed by atoms with Crippen molar-refractivity contribution in [2.75, 3.05) is 20.1 Å². The van der Waals surface area contributed by atoms with Crippen molar-refractivity contribution in [3.8, 4) is 0 Å². The van der Waals surface area contributed by atoms with Crippen molar-refractivity contribution >= 4 is 21.4 Å². The largest absolute Gasteiger partial charge is 0.303 e. The van der Waals surface area contributed by atoms with Gasteiger partial charge in [0.2, 0.25) is 10.0 Å². The summed E-state index contributed by atoms with van der Waals surface area (Å²) in [6.07, 6.45) is 9.96. The second-order valence-corrected chi connectivity index (χ2v) is 9.10. The van der Waals surface area contributed by atoms with Crippen LogP contribution in [0.25, 0.3) is 0 Å². The van der Waals surface area contributed by atoms with Gasteiger partial charge in [-0.2, -0.15) is 0 Å². The molecule has 0 aromatic carbocycles. The van der Waals surface area contributed by atoms with E-state index in [-0.39, 0.29) is 0 Å². The summed E-state index contributed by atoms with van der Waals surface area (Å²) in [7, 11) is -1.05. The first kappa shape index (κ1) is 17.9. The number of rotatable bonds is 9. The zero-order chi connectivity index (χ0) is 15.8. The summed E-state index contributed by atoms with van der Waals surface area (Å²) in [5, 5.41) is 1.79. The van der Waals surface area contributed by atoms with E-state index in [1.807, 2.05) is 0 Å². The van der Waals surface area contributed by atoms with Crippen LogP contribution in [0, 0.1) is 0 Å². The molecule has 1 fully saturated rings. The number of sulfonamides is 1. The summed E-state index contributed by atoms with van der Waals surface area (Å²) in [4.78, 5) is 2.50. The van der Waals surface area contributed by atoms with Crippen LogP contribution in [-0.2, 0) is 10.0 Å². The normalized spacial score (nSPS) is 17.2. The summed E-state index contributed by atoms with van der Waals surface area (Å²) in [5.74, 6) is 0. The molecule has 1 heterocycles. The summed E-state index contributed by atoms with van der Waals surface area (Å²) >= 11 is 1.26. The van der Waals surface area contributed by atoms with Gasteiger partial charge in [0.15, 0.2) is 0 Å². The highest BCUT2D eigenvalue weighted by Crippen LogP contribution is 2.21. The van der Waals surface area contributed by atoms with Crippen molar-refractivity contribution in [2.45, 2.75) is 61.6 Å². The summed E-state index contributed by atoms with van der Waals surface area (Å²) in [5.41, 5.74) is 0. The van der Waals surface area contributed by atoms with Gasteiger partial charge in [-0.05, 0) is 50.7 Å². The van der Waals surface area contributed by atoms with Gasteiger partial charge in [0, 0.05) is 12.6 Å². The molecule has 1 saturated carbocycles. The van der Waals surface area contributed by atoms with Gasteiger partial charge in [-0.3, -0.25) is 0 Å². The second-order valence-electron chi connectivity index (χ2n) is 6.16. The lowest BCUT2D eigenvalue weighted by Gasteiger charge is -2.31. The van der Waals surface area contributed by atoms with Crippen molar-refractivity contribution in [1.82, 2.24) is 9.62 Å². The molecule has 0 bridgehead atoms. The maximum Gasteiger partial charge on any atom is 0.250 e. The standard InChI is InChI=1S/C16H28N2O2S2/c1-18(15-9-4-2-5-10-15)13-7-3-6-12-17-22(19,20)16-11-8-14-21-16/h8,11,14-15,17H,2-7,9-10,12-13H2,1H3. The SMILES string of the molecule is CN(CCCCCNS(=O)(=O)c1cccs1)C1CCCCC1. The molecular weight excluding hydrogens is 316 g/mol. The third-order valence-corrected chi connectivity index (χ3v) is 7.30. The molecule has 0 aliphatic heterocycles. The van der Waals surface area contributed by atoms with Crippen LogP contribution in [0.15, 0.2) is 21.7 Å². The van der Waals surface area contributed by atoms with Gasteiger partial charge in [-0.15, -0.1) is 11.3 Å². The van der Waals surface area contributed by atoms with Gasteiger partial charge in [0.25, 0.3) is 0 Å². The van der Waals surface area contributed by atoms with Crippen molar-refractivity contribution in [3.05, 3.63) is 17.5 Å². The zero-order valence-electron chi connectivity index (χ0n) is 13.5. The van der Waals surface area contributed by atoms with E-state index < -0.39 is 10.0 Å². The van der Waals surface area contributed by atoms with E-state index in [1.54, 1.807) is 17.5 Å². The number of unbranched alkanes of at least 4 members (excludes halogenated alkanes) is 2. The summed E-state index contributed by atoms with van der Waals surface area (Å²) in [6, 6.07) is 4.18. The van der Waals surface area contributed by atoms with Crippen molar-refractivity contribution < 1.29 is 8.42 Å². The number of hydrogen-bond acceptors (Lipinski definition) is 4. The Labute approximate surface area is 139 Å². The zero-order valence-corrected chi connectivity index (χ0v) is 15.1. The van der Waals surface area contributed by atoms with Crippen LogP contribution in [0.4, 0.5) is 0 Å². The lowest BCUT2D eigenvalue weighted by atomic mass is 9.94. The van der Waals surface area contributed by atoms with Crippen LogP contribution in [0.5, 0.6) is 0 Å². The first-order chi connectivity index (χ1) is 10.6. The molecule has 0 amide bonds. The average Bonchev–Trinajstić information content (AvgIpc) is 3.06. The summed E-state index contributed by atoms with van der Waals surface area (Å²) in [6.45, 7) is 1.66. The van der Waals surface area contributed by atoms with Gasteiger partial charge >= 0.3 is 0 Å². The topological polar surface area (TPSA) is 49.4 Å². The van der Waals surface area contributed by atoms with Gasteiger partial charge < -0.3 is 4.90 Å². The minimum Gasteiger partial charge on any atom is -0.303 e. The van der Waals surface area contributed by atoms with Crippen molar-refractivity contribution in [3.63, 3.8) is 0 Å². The highest BCUT2D eigenvalue weighted by atomic mass is 32.2. The fourth-order valence-electron chi connectivity index (χ4n) is 3.06. The first-order valence-electron chi connectivity index (χ1n) is 8.33. The molecule has 0 radical (unpaired) electrons. The smallest absolute Gasteiger partial charge is 0.250 e. The third kappa shape index (κ3) is 5.65. The van der Waals surface area contributed by atoms with Crippen LogP contribution in [0.3, 0.4) is 0 Å². The highest BCUT2D eigenvalue weighted by Gasteiger charge is 2.17. The molecule has 1 aliphatic carbocycles. The molecule has 0 spiro atoms. The molecule has 1 N–H and O–H groups in total. The van der Waals surface area contributed by atoms with E-state index in [4.69, 9.17) is 0 Å². The molecule has 22 heavy (non-hydrogen) atoms. The lowest BCUT2D eigenvalue weighted by Crippen LogP contribution is -2.34. The molecule has 0 atom stereocenters. The Morgan fingerprint density at radius 3 is 2.68 bits per heavy atom. The molecule has 0 saturated heterocycles. The molecule has 1 aliphatic rings. The fourth-order valence-corrected chi connectivity index (χ4v) is 5.17. The lowest BCUT2D eigenvalue weighted by molar-refractivity contribution is 0.188. The van der Waals surface area contributed by atoms with Crippen LogP contribution < -0.4 is 4.72 Å². The van der Waals surface area contributed by atoms with Gasteiger partial charge in [0.1, 0.15) is 4.21 Å². The van der Waals surface area contributed by atoms with Crippen LogP contribution in [-0.4, -0.2) is 39.5 Å². The Morgan fingerprint density at radius 2 is 2.00 bits per heavy atom. The Kier molecular flexibility index (Phi) is 7.34. The predicted octanol–water partition coefficient (Wildman–Crippen LogP) is 3.46. The van der Waals surface area contributed by atoms with E-state index in [1.165, 1.54) is 43.4 Å². The second kappa shape index (κ2) is 9.01. The Hall–Kier alpha value is -0.430. The Morgan fingerprint density at radius 1 is 1.23 bits per heavy atom. The van der Waals surface area contributed by atoms with Crippen LogP contribution in [0.2, 0.25) is 0 Å². The van der Waals surface area contributed by atoms with E-state index in [0.717, 1.165) is 31.8 Å². The van der Waals surface area contributed by atoms with Crippen LogP contribution in [0.1, 0.15) is 51.4 Å². The quantitative estimate of drug-likeness (QED) is 0.698. The molecule has 4 nitrogen and oxygen atoms in total. The maximum absolute atomic E-state index is 11.9. The number of nitrogens with one attached hydrogen (secondary N) is 1. The Bertz CT molecular complexity index is 508. The molecule has 6 heteroatoms. The minimum atomic E-state index is -3.28. The first-order valence-corrected chi connectivity index (χ1v) is 10.7. The van der Waals surface area contributed by atoms with Crippen molar-refractivity contribution in [1.29, 1.82) is 0 Å². The van der Waals surface area contributed by atoms with Crippen LogP contribution >= 0.6 is 11.3 Å². The Balaban J connectivity index is 1.56. The predicted molar refractivity (Wildman–Crippen MR) is 92.9 cm³/mol. The van der Waals surface area contributed by atoms with Gasteiger partial charge in [0.05, 0.1) is 0 Å².